The molecule has 0 aromatic heterocycles. The van der Waals surface area contributed by atoms with Gasteiger partial charge in [0.2, 0.25) is 0 Å². The third-order valence-electron chi connectivity index (χ3n) is 4.87. The SMILES string of the molecule is CCCC(C(=O)O)S(=O)c1ccc2c(c1)C(O)NC2c1ccccc1C(=N)N. The Bertz CT molecular complexity index is 947. The average Bonchev–Trinajstić information content (AvgIpc) is 3.01. The molecule has 1 aliphatic heterocycles. The number of nitrogen functional groups attached to an aromatic ring is 1. The van der Waals surface area contributed by atoms with Crippen molar-refractivity contribution in [1.82, 2.24) is 5.32 Å². The highest BCUT2D eigenvalue weighted by atomic mass is 32.2. The van der Waals surface area contributed by atoms with Crippen molar-refractivity contribution >= 4 is 22.6 Å². The number of rotatable bonds is 7. The van der Waals surface area contributed by atoms with E-state index in [4.69, 9.17) is 11.1 Å². The van der Waals surface area contributed by atoms with E-state index < -0.39 is 28.2 Å². The lowest BCUT2D eigenvalue weighted by molar-refractivity contribution is -0.136. The molecule has 0 saturated carbocycles. The first-order valence-corrected chi connectivity index (χ1v) is 10.2. The number of carboxylic acids is 1. The van der Waals surface area contributed by atoms with E-state index in [9.17, 15) is 19.2 Å². The fourth-order valence-electron chi connectivity index (χ4n) is 3.51. The molecule has 2 aromatic carbocycles. The van der Waals surface area contributed by atoms with Crippen LogP contribution in [0.3, 0.4) is 0 Å². The zero-order valence-corrected chi connectivity index (χ0v) is 16.2. The molecule has 8 heteroatoms. The highest BCUT2D eigenvalue weighted by Crippen LogP contribution is 2.38. The first-order chi connectivity index (χ1) is 13.3. The van der Waals surface area contributed by atoms with E-state index in [1.807, 2.05) is 19.1 Å². The number of aliphatic hydroxyl groups excluding tert-OH is 1. The van der Waals surface area contributed by atoms with Gasteiger partial charge in [0.05, 0.1) is 16.8 Å². The van der Waals surface area contributed by atoms with Crippen LogP contribution in [0, 0.1) is 5.41 Å². The lowest BCUT2D eigenvalue weighted by Gasteiger charge is -2.17. The second-order valence-electron chi connectivity index (χ2n) is 6.71. The van der Waals surface area contributed by atoms with Crippen molar-refractivity contribution in [3.8, 4) is 0 Å². The lowest BCUT2D eigenvalue weighted by Crippen LogP contribution is -2.25. The molecule has 1 aliphatic rings. The summed E-state index contributed by atoms with van der Waals surface area (Å²) in [6.07, 6.45) is -0.0673. The Morgan fingerprint density at radius 3 is 2.61 bits per heavy atom. The Labute approximate surface area is 165 Å². The summed E-state index contributed by atoms with van der Waals surface area (Å²) in [6.45, 7) is 1.85. The molecule has 148 valence electrons. The number of aliphatic hydroxyl groups is 1. The van der Waals surface area contributed by atoms with Crippen LogP contribution in [0.4, 0.5) is 0 Å². The van der Waals surface area contributed by atoms with Gasteiger partial charge in [-0.1, -0.05) is 43.7 Å². The summed E-state index contributed by atoms with van der Waals surface area (Å²) in [5.41, 5.74) is 8.35. The van der Waals surface area contributed by atoms with Crippen molar-refractivity contribution in [2.75, 3.05) is 0 Å². The minimum atomic E-state index is -1.72. The van der Waals surface area contributed by atoms with E-state index in [0.29, 0.717) is 28.9 Å². The van der Waals surface area contributed by atoms with Crippen molar-refractivity contribution in [2.24, 2.45) is 5.73 Å². The molecule has 7 nitrogen and oxygen atoms in total. The van der Waals surface area contributed by atoms with Gasteiger partial charge in [0.15, 0.2) is 0 Å². The van der Waals surface area contributed by atoms with Crippen molar-refractivity contribution < 1.29 is 19.2 Å². The normalized spacial score (nSPS) is 20.4. The molecule has 1 heterocycles. The maximum absolute atomic E-state index is 12.8. The Balaban J connectivity index is 2.00. The van der Waals surface area contributed by atoms with E-state index in [2.05, 4.69) is 5.32 Å². The highest BCUT2D eigenvalue weighted by molar-refractivity contribution is 7.86. The number of carbonyl (C=O) groups is 1. The van der Waals surface area contributed by atoms with Gasteiger partial charge < -0.3 is 15.9 Å². The van der Waals surface area contributed by atoms with Crippen LogP contribution in [0.5, 0.6) is 0 Å². The smallest absolute Gasteiger partial charge is 0.319 e. The minimum Gasteiger partial charge on any atom is -0.480 e. The average molecular weight is 401 g/mol. The fourth-order valence-corrected chi connectivity index (χ4v) is 4.92. The Morgan fingerprint density at radius 1 is 1.25 bits per heavy atom. The van der Waals surface area contributed by atoms with E-state index in [1.165, 1.54) is 0 Å². The van der Waals surface area contributed by atoms with Crippen LogP contribution in [0.25, 0.3) is 0 Å². The molecule has 4 atom stereocenters. The number of carboxylic acid groups (broad SMARTS) is 1. The van der Waals surface area contributed by atoms with Crippen LogP contribution < -0.4 is 11.1 Å². The molecule has 2 aromatic rings. The molecule has 0 spiro atoms. The minimum absolute atomic E-state index is 0.0677. The molecule has 0 amide bonds. The van der Waals surface area contributed by atoms with Gasteiger partial charge in [-0.05, 0) is 29.7 Å². The van der Waals surface area contributed by atoms with Crippen molar-refractivity contribution in [2.45, 2.75) is 42.2 Å². The Hall–Kier alpha value is -2.55. The van der Waals surface area contributed by atoms with Gasteiger partial charge >= 0.3 is 5.97 Å². The Kier molecular flexibility index (Phi) is 5.93. The second kappa shape index (κ2) is 8.22. The lowest BCUT2D eigenvalue weighted by atomic mass is 9.94. The third-order valence-corrected chi connectivity index (χ3v) is 6.54. The van der Waals surface area contributed by atoms with Crippen LogP contribution in [-0.4, -0.2) is 31.5 Å². The molecular formula is C20H23N3O4S. The van der Waals surface area contributed by atoms with Gasteiger partial charge in [-0.15, -0.1) is 0 Å². The fraction of sp³-hybridized carbons (Fsp3) is 0.300. The number of nitrogens with one attached hydrogen (secondary N) is 2. The number of benzene rings is 2. The van der Waals surface area contributed by atoms with Gasteiger partial charge in [-0.3, -0.25) is 19.7 Å². The topological polar surface area (TPSA) is 136 Å². The predicted molar refractivity (Wildman–Crippen MR) is 107 cm³/mol. The van der Waals surface area contributed by atoms with Crippen LogP contribution in [0.15, 0.2) is 47.4 Å². The van der Waals surface area contributed by atoms with E-state index >= 15 is 0 Å². The van der Waals surface area contributed by atoms with Crippen molar-refractivity contribution in [3.63, 3.8) is 0 Å². The van der Waals surface area contributed by atoms with E-state index in [0.717, 1.165) is 11.1 Å². The predicted octanol–water partition coefficient (Wildman–Crippen LogP) is 2.02. The number of aliphatic carboxylic acids is 1. The monoisotopic (exact) mass is 401 g/mol. The van der Waals surface area contributed by atoms with Gasteiger partial charge in [0.25, 0.3) is 0 Å². The standard InChI is InChI=1S/C20H23N3O4S/c1-2-5-16(20(25)26)28(27)11-8-9-13-15(10-11)19(24)23-17(13)12-6-3-4-7-14(12)18(21)22/h3-4,6-10,16-17,19,23-24H,2,5H2,1H3,(H3,21,22)(H,25,26). The maximum Gasteiger partial charge on any atom is 0.319 e. The first-order valence-electron chi connectivity index (χ1n) is 8.99. The second-order valence-corrected chi connectivity index (χ2v) is 8.34. The molecule has 0 bridgehead atoms. The van der Waals surface area contributed by atoms with Gasteiger partial charge in [0, 0.05) is 16.0 Å². The summed E-state index contributed by atoms with van der Waals surface area (Å²) < 4.78 is 12.8. The molecular weight excluding hydrogens is 378 g/mol. The molecule has 6 N–H and O–H groups in total. The number of nitrogens with two attached hydrogens (primary N) is 1. The van der Waals surface area contributed by atoms with Crippen LogP contribution in [0.1, 0.15) is 54.3 Å². The van der Waals surface area contributed by atoms with Crippen LogP contribution >= 0.6 is 0 Å². The van der Waals surface area contributed by atoms with Gasteiger partial charge in [0.1, 0.15) is 17.3 Å². The summed E-state index contributed by atoms with van der Waals surface area (Å²) >= 11 is 0. The van der Waals surface area contributed by atoms with Crippen LogP contribution in [0.2, 0.25) is 0 Å². The van der Waals surface area contributed by atoms with E-state index in [-0.39, 0.29) is 11.9 Å². The molecule has 4 unspecified atom stereocenters. The summed E-state index contributed by atoms with van der Waals surface area (Å²) in [6, 6.07) is 11.8. The molecule has 0 radical (unpaired) electrons. The van der Waals surface area contributed by atoms with E-state index in [1.54, 1.807) is 30.3 Å². The number of hydrogen-bond acceptors (Lipinski definition) is 5. The first kappa shape index (κ1) is 20.2. The number of fused-ring (bicyclic) bond motifs is 1. The van der Waals surface area contributed by atoms with Crippen LogP contribution in [-0.2, 0) is 15.6 Å². The summed E-state index contributed by atoms with van der Waals surface area (Å²) in [5, 5.41) is 29.7. The molecule has 3 rings (SSSR count). The number of hydrogen-bond donors (Lipinski definition) is 5. The maximum atomic E-state index is 12.8. The molecule has 0 fully saturated rings. The van der Waals surface area contributed by atoms with Crippen molar-refractivity contribution in [3.05, 3.63) is 64.7 Å². The quantitative estimate of drug-likeness (QED) is 0.356. The highest BCUT2D eigenvalue weighted by Gasteiger charge is 2.33. The van der Waals surface area contributed by atoms with Gasteiger partial charge in [-0.2, -0.15) is 0 Å². The zero-order valence-electron chi connectivity index (χ0n) is 15.4. The summed E-state index contributed by atoms with van der Waals surface area (Å²) in [7, 11) is -1.72. The molecule has 0 aliphatic carbocycles. The molecule has 0 saturated heterocycles. The summed E-state index contributed by atoms with van der Waals surface area (Å²) in [4.78, 5) is 11.8. The number of amidine groups is 1. The summed E-state index contributed by atoms with van der Waals surface area (Å²) in [5.74, 6) is -1.16. The van der Waals surface area contributed by atoms with Crippen molar-refractivity contribution in [1.29, 1.82) is 5.41 Å². The van der Waals surface area contributed by atoms with Gasteiger partial charge in [-0.25, -0.2) is 0 Å². The third kappa shape index (κ3) is 3.71. The largest absolute Gasteiger partial charge is 0.480 e. The zero-order chi connectivity index (χ0) is 20.4. The Morgan fingerprint density at radius 2 is 1.96 bits per heavy atom. The molecule has 28 heavy (non-hydrogen) atoms.